The lowest BCUT2D eigenvalue weighted by atomic mass is 10.1. The van der Waals surface area contributed by atoms with Gasteiger partial charge in [0, 0.05) is 19.6 Å². The van der Waals surface area contributed by atoms with Crippen LogP contribution in [0.4, 0.5) is 0 Å². The molecule has 1 aromatic carbocycles. The zero-order valence-corrected chi connectivity index (χ0v) is 14.2. The van der Waals surface area contributed by atoms with Gasteiger partial charge in [-0.15, -0.1) is 0 Å². The summed E-state index contributed by atoms with van der Waals surface area (Å²) in [5.74, 6) is 0.649. The Labute approximate surface area is 143 Å². The van der Waals surface area contributed by atoms with Crippen LogP contribution in [-0.2, 0) is 16.0 Å². The average molecular weight is 329 g/mol. The summed E-state index contributed by atoms with van der Waals surface area (Å²) in [6.07, 6.45) is 4.70. The first kappa shape index (κ1) is 17.0. The Balaban J connectivity index is 1.47. The van der Waals surface area contributed by atoms with Gasteiger partial charge in [-0.05, 0) is 43.7 Å². The van der Waals surface area contributed by atoms with E-state index < -0.39 is 0 Å². The first-order chi connectivity index (χ1) is 11.7. The molecule has 1 aliphatic heterocycles. The number of hydrogen-bond donors (Lipinski definition) is 2. The van der Waals surface area contributed by atoms with Crippen LogP contribution in [-0.4, -0.2) is 48.9 Å². The maximum absolute atomic E-state index is 12.2. The van der Waals surface area contributed by atoms with E-state index in [1.807, 2.05) is 6.07 Å². The molecule has 1 saturated heterocycles. The van der Waals surface area contributed by atoms with Crippen LogP contribution in [0.3, 0.4) is 0 Å². The van der Waals surface area contributed by atoms with Crippen LogP contribution in [0.5, 0.6) is 0 Å². The van der Waals surface area contributed by atoms with Crippen molar-refractivity contribution < 1.29 is 9.59 Å². The number of nitrogens with one attached hydrogen (secondary N) is 2. The number of piperazine rings is 1. The number of hydrogen-bond acceptors (Lipinski definition) is 3. The molecule has 0 spiro atoms. The molecule has 1 aliphatic carbocycles. The van der Waals surface area contributed by atoms with Gasteiger partial charge in [-0.3, -0.25) is 14.5 Å². The predicted octanol–water partition coefficient (Wildman–Crippen LogP) is 1.34. The molecule has 5 heteroatoms. The Morgan fingerprint density at radius 1 is 1.25 bits per heavy atom. The van der Waals surface area contributed by atoms with Crippen LogP contribution in [0.2, 0.25) is 0 Å². The van der Waals surface area contributed by atoms with Gasteiger partial charge in [0.15, 0.2) is 0 Å². The SMILES string of the molecule is O=C(CC1C(=O)NCCN1CCCc1ccccc1)NCC1CC1. The van der Waals surface area contributed by atoms with Crippen molar-refractivity contribution in [3.63, 3.8) is 0 Å². The fourth-order valence-electron chi connectivity index (χ4n) is 3.21. The average Bonchev–Trinajstić information content (AvgIpc) is 3.41. The molecule has 2 aliphatic rings. The van der Waals surface area contributed by atoms with Crippen molar-refractivity contribution in [1.29, 1.82) is 0 Å². The van der Waals surface area contributed by atoms with Gasteiger partial charge in [-0.2, -0.15) is 0 Å². The summed E-state index contributed by atoms with van der Waals surface area (Å²) in [7, 11) is 0. The van der Waals surface area contributed by atoms with Crippen molar-refractivity contribution in [3.8, 4) is 0 Å². The lowest BCUT2D eigenvalue weighted by molar-refractivity contribution is -0.134. The van der Waals surface area contributed by atoms with Gasteiger partial charge in [0.25, 0.3) is 0 Å². The van der Waals surface area contributed by atoms with E-state index in [2.05, 4.69) is 39.8 Å². The van der Waals surface area contributed by atoms with Crippen LogP contribution in [0.1, 0.15) is 31.2 Å². The lowest BCUT2D eigenvalue weighted by Crippen LogP contribution is -2.56. The second kappa shape index (κ2) is 8.29. The smallest absolute Gasteiger partial charge is 0.237 e. The lowest BCUT2D eigenvalue weighted by Gasteiger charge is -2.34. The summed E-state index contributed by atoms with van der Waals surface area (Å²) in [6, 6.07) is 10.1. The number of amides is 2. The van der Waals surface area contributed by atoms with Crippen molar-refractivity contribution in [2.24, 2.45) is 5.92 Å². The quantitative estimate of drug-likeness (QED) is 0.756. The second-order valence-electron chi connectivity index (χ2n) is 6.88. The van der Waals surface area contributed by atoms with E-state index in [0.717, 1.165) is 32.5 Å². The number of carbonyl (C=O) groups is 2. The fraction of sp³-hybridized carbons (Fsp3) is 0.579. The monoisotopic (exact) mass is 329 g/mol. The van der Waals surface area contributed by atoms with Crippen molar-refractivity contribution in [1.82, 2.24) is 15.5 Å². The van der Waals surface area contributed by atoms with Crippen molar-refractivity contribution in [2.75, 3.05) is 26.2 Å². The molecule has 5 nitrogen and oxygen atoms in total. The number of aryl methyl sites for hydroxylation is 1. The highest BCUT2D eigenvalue weighted by Gasteiger charge is 2.31. The molecule has 0 bridgehead atoms. The maximum Gasteiger partial charge on any atom is 0.237 e. The molecule has 1 heterocycles. The normalized spacial score (nSPS) is 21.3. The van der Waals surface area contributed by atoms with E-state index in [9.17, 15) is 9.59 Å². The minimum Gasteiger partial charge on any atom is -0.356 e. The van der Waals surface area contributed by atoms with Gasteiger partial charge < -0.3 is 10.6 Å². The van der Waals surface area contributed by atoms with E-state index >= 15 is 0 Å². The number of benzene rings is 1. The summed E-state index contributed by atoms with van der Waals surface area (Å²) in [6.45, 7) is 3.11. The minimum atomic E-state index is -0.325. The summed E-state index contributed by atoms with van der Waals surface area (Å²) < 4.78 is 0. The molecule has 130 valence electrons. The Bertz CT molecular complexity index is 557. The van der Waals surface area contributed by atoms with Crippen molar-refractivity contribution >= 4 is 11.8 Å². The molecular weight excluding hydrogens is 302 g/mol. The molecule has 1 saturated carbocycles. The largest absolute Gasteiger partial charge is 0.356 e. The number of rotatable bonds is 8. The summed E-state index contributed by atoms with van der Waals surface area (Å²) in [5, 5.41) is 5.86. The summed E-state index contributed by atoms with van der Waals surface area (Å²) in [4.78, 5) is 26.5. The Kier molecular flexibility index (Phi) is 5.86. The third kappa shape index (κ3) is 5.06. The molecule has 24 heavy (non-hydrogen) atoms. The van der Waals surface area contributed by atoms with E-state index in [1.165, 1.54) is 18.4 Å². The highest BCUT2D eigenvalue weighted by Crippen LogP contribution is 2.27. The third-order valence-corrected chi connectivity index (χ3v) is 4.86. The molecular formula is C19H27N3O2. The van der Waals surface area contributed by atoms with Gasteiger partial charge in [-0.1, -0.05) is 30.3 Å². The second-order valence-corrected chi connectivity index (χ2v) is 6.88. The van der Waals surface area contributed by atoms with Gasteiger partial charge in [-0.25, -0.2) is 0 Å². The Hall–Kier alpha value is -1.88. The molecule has 0 aromatic heterocycles. The predicted molar refractivity (Wildman–Crippen MR) is 93.5 cm³/mol. The van der Waals surface area contributed by atoms with Crippen LogP contribution < -0.4 is 10.6 Å². The van der Waals surface area contributed by atoms with Crippen LogP contribution in [0.15, 0.2) is 30.3 Å². The summed E-state index contributed by atoms with van der Waals surface area (Å²) >= 11 is 0. The van der Waals surface area contributed by atoms with Gasteiger partial charge >= 0.3 is 0 Å². The van der Waals surface area contributed by atoms with Crippen LogP contribution >= 0.6 is 0 Å². The molecule has 1 unspecified atom stereocenters. The topological polar surface area (TPSA) is 61.4 Å². The Morgan fingerprint density at radius 3 is 2.79 bits per heavy atom. The molecule has 0 radical (unpaired) electrons. The zero-order valence-electron chi connectivity index (χ0n) is 14.2. The highest BCUT2D eigenvalue weighted by atomic mass is 16.2. The van der Waals surface area contributed by atoms with E-state index in [4.69, 9.17) is 0 Å². The van der Waals surface area contributed by atoms with Gasteiger partial charge in [0.05, 0.1) is 12.5 Å². The molecule has 2 N–H and O–H groups in total. The molecule has 2 fully saturated rings. The maximum atomic E-state index is 12.2. The van der Waals surface area contributed by atoms with Crippen molar-refractivity contribution in [3.05, 3.63) is 35.9 Å². The van der Waals surface area contributed by atoms with Crippen LogP contribution in [0.25, 0.3) is 0 Å². The van der Waals surface area contributed by atoms with Gasteiger partial charge in [0.1, 0.15) is 0 Å². The van der Waals surface area contributed by atoms with E-state index in [1.54, 1.807) is 0 Å². The van der Waals surface area contributed by atoms with Gasteiger partial charge in [0.2, 0.25) is 11.8 Å². The number of carbonyl (C=O) groups excluding carboxylic acids is 2. The standard InChI is InChI=1S/C19H27N3O2/c23-18(21-14-16-8-9-16)13-17-19(24)20-10-12-22(17)11-4-7-15-5-2-1-3-6-15/h1-3,5-6,16-17H,4,7-14H2,(H,20,24)(H,21,23). The minimum absolute atomic E-state index is 0.00277. The fourth-order valence-corrected chi connectivity index (χ4v) is 3.21. The molecule has 3 rings (SSSR count). The number of nitrogens with zero attached hydrogens (tertiary/aromatic N) is 1. The molecule has 1 aromatic rings. The first-order valence-corrected chi connectivity index (χ1v) is 9.05. The first-order valence-electron chi connectivity index (χ1n) is 9.05. The van der Waals surface area contributed by atoms with Crippen LogP contribution in [0, 0.1) is 5.92 Å². The van der Waals surface area contributed by atoms with E-state index in [-0.39, 0.29) is 24.3 Å². The highest BCUT2D eigenvalue weighted by molar-refractivity contribution is 5.88. The van der Waals surface area contributed by atoms with Crippen molar-refractivity contribution in [2.45, 2.75) is 38.1 Å². The molecule has 2 amide bonds. The Morgan fingerprint density at radius 2 is 2.04 bits per heavy atom. The van der Waals surface area contributed by atoms with E-state index in [0.29, 0.717) is 12.5 Å². The summed E-state index contributed by atoms with van der Waals surface area (Å²) in [5.41, 5.74) is 1.32. The third-order valence-electron chi connectivity index (χ3n) is 4.86. The molecule has 1 atom stereocenters. The zero-order chi connectivity index (χ0) is 16.8.